The molecule has 0 aliphatic heterocycles. The molecule has 4 nitrogen and oxygen atoms in total. The van der Waals surface area contributed by atoms with Gasteiger partial charge in [-0.15, -0.1) is 0 Å². The minimum atomic E-state index is -2.50. The van der Waals surface area contributed by atoms with Gasteiger partial charge < -0.3 is 9.26 Å². The number of rotatable bonds is 10. The predicted octanol–water partition coefficient (Wildman–Crippen LogP) is 4.48. The van der Waals surface area contributed by atoms with Gasteiger partial charge in [-0.1, -0.05) is 50.6 Å². The number of carbonyl (C=O) groups is 1. The van der Waals surface area contributed by atoms with Crippen molar-refractivity contribution in [3.63, 3.8) is 0 Å². The second kappa shape index (κ2) is 9.89. The van der Waals surface area contributed by atoms with Crippen LogP contribution in [0.15, 0.2) is 30.3 Å². The maximum atomic E-state index is 12.5. The lowest BCUT2D eigenvalue weighted by molar-refractivity contribution is -0.144. The lowest BCUT2D eigenvalue weighted by Gasteiger charge is -2.31. The monoisotopic (exact) mass is 340 g/mol. The number of ether oxygens (including phenoxy) is 1. The Bertz CT molecular complexity index is 483. The second-order valence-corrected chi connectivity index (χ2v) is 8.30. The zero-order chi connectivity index (χ0) is 17.3. The fourth-order valence-electron chi connectivity index (χ4n) is 3.04. The fraction of sp³-hybridized carbons (Fsp3) is 0.611. The number of esters is 1. The van der Waals surface area contributed by atoms with Crippen LogP contribution in [0.5, 0.6) is 0 Å². The van der Waals surface area contributed by atoms with Crippen molar-refractivity contribution in [1.82, 2.24) is 0 Å². The van der Waals surface area contributed by atoms with Crippen molar-refractivity contribution in [2.45, 2.75) is 51.1 Å². The van der Waals surface area contributed by atoms with Gasteiger partial charge in [-0.2, -0.15) is 0 Å². The SMILES string of the molecule is COC(=O)C(CCCCc1ccccc1)(CC(C)C)[PH](=O)OC. The highest BCUT2D eigenvalue weighted by molar-refractivity contribution is 7.42. The molecular weight excluding hydrogens is 311 g/mol. The van der Waals surface area contributed by atoms with E-state index in [0.717, 1.165) is 19.3 Å². The number of unbranched alkanes of at least 4 members (excludes halogenated alkanes) is 1. The zero-order valence-corrected chi connectivity index (χ0v) is 15.6. The molecule has 0 N–H and O–H groups in total. The fourth-order valence-corrected chi connectivity index (χ4v) is 4.66. The number of aryl methyl sites for hydroxylation is 1. The van der Waals surface area contributed by atoms with E-state index in [4.69, 9.17) is 9.26 Å². The van der Waals surface area contributed by atoms with Crippen LogP contribution in [0.4, 0.5) is 0 Å². The number of benzene rings is 1. The van der Waals surface area contributed by atoms with Gasteiger partial charge in [-0.3, -0.25) is 9.36 Å². The number of methoxy groups -OCH3 is 1. The smallest absolute Gasteiger partial charge is 0.321 e. The second-order valence-electron chi connectivity index (χ2n) is 6.36. The Morgan fingerprint density at radius 3 is 2.35 bits per heavy atom. The summed E-state index contributed by atoms with van der Waals surface area (Å²) in [6.07, 6.45) is 3.77. The summed E-state index contributed by atoms with van der Waals surface area (Å²) in [6, 6.07) is 10.2. The van der Waals surface area contributed by atoms with E-state index in [1.165, 1.54) is 19.8 Å². The average Bonchev–Trinajstić information content (AvgIpc) is 2.56. The number of carbonyl (C=O) groups excluding carboxylic acids is 1. The molecule has 0 saturated heterocycles. The molecule has 0 fully saturated rings. The van der Waals surface area contributed by atoms with Crippen LogP contribution in [0, 0.1) is 5.92 Å². The van der Waals surface area contributed by atoms with Gasteiger partial charge in [0.2, 0.25) is 8.03 Å². The summed E-state index contributed by atoms with van der Waals surface area (Å²) in [7, 11) is 0.257. The molecule has 0 aliphatic carbocycles. The third-order valence-electron chi connectivity index (χ3n) is 4.07. The minimum absolute atomic E-state index is 0.243. The summed E-state index contributed by atoms with van der Waals surface area (Å²) in [5.41, 5.74) is 1.28. The van der Waals surface area contributed by atoms with Crippen LogP contribution < -0.4 is 0 Å². The molecular formula is C18H29O4P. The maximum absolute atomic E-state index is 12.5. The lowest BCUT2D eigenvalue weighted by atomic mass is 9.90. The van der Waals surface area contributed by atoms with Gasteiger partial charge in [0, 0.05) is 7.11 Å². The highest BCUT2D eigenvalue weighted by Gasteiger charge is 2.45. The van der Waals surface area contributed by atoms with Crippen LogP contribution in [0.2, 0.25) is 0 Å². The number of hydrogen-bond donors (Lipinski definition) is 0. The lowest BCUT2D eigenvalue weighted by Crippen LogP contribution is -2.38. The standard InChI is InChI=1S/C18H29O4P/c1-15(2)14-18(17(19)21-3,23(20)22-4)13-9-8-12-16-10-6-5-7-11-16/h5-7,10-11,15,23H,8-9,12-14H2,1-4H3. The Hall–Kier alpha value is -1.12. The highest BCUT2D eigenvalue weighted by Crippen LogP contribution is 2.48. The van der Waals surface area contributed by atoms with Gasteiger partial charge in [-0.25, -0.2) is 0 Å². The van der Waals surface area contributed by atoms with Crippen molar-refractivity contribution in [3.05, 3.63) is 35.9 Å². The first kappa shape index (κ1) is 19.9. The van der Waals surface area contributed by atoms with Crippen LogP contribution >= 0.6 is 8.03 Å². The van der Waals surface area contributed by atoms with E-state index in [0.29, 0.717) is 12.8 Å². The molecule has 23 heavy (non-hydrogen) atoms. The van der Waals surface area contributed by atoms with E-state index in [1.807, 2.05) is 32.0 Å². The first-order valence-corrected chi connectivity index (χ1v) is 9.48. The topological polar surface area (TPSA) is 52.6 Å². The van der Waals surface area contributed by atoms with Crippen LogP contribution in [-0.2, 0) is 25.0 Å². The molecule has 0 heterocycles. The molecule has 0 spiro atoms. The largest absolute Gasteiger partial charge is 0.468 e. The third kappa shape index (κ3) is 5.78. The molecule has 2 unspecified atom stereocenters. The molecule has 0 radical (unpaired) electrons. The highest BCUT2D eigenvalue weighted by atomic mass is 31.1. The molecule has 0 bridgehead atoms. The summed E-state index contributed by atoms with van der Waals surface area (Å²) < 4.78 is 22.6. The molecule has 0 aromatic heterocycles. The molecule has 1 aromatic carbocycles. The van der Waals surface area contributed by atoms with Gasteiger partial charge in [-0.05, 0) is 37.2 Å². The van der Waals surface area contributed by atoms with Crippen LogP contribution in [0.3, 0.4) is 0 Å². The molecule has 1 aromatic rings. The normalized spacial score (nSPS) is 15.2. The van der Waals surface area contributed by atoms with Crippen LogP contribution in [-0.4, -0.2) is 25.3 Å². The van der Waals surface area contributed by atoms with E-state index >= 15 is 0 Å². The van der Waals surface area contributed by atoms with Crippen molar-refractivity contribution in [2.24, 2.45) is 5.92 Å². The van der Waals surface area contributed by atoms with Crippen molar-refractivity contribution < 1.29 is 18.6 Å². The Kier molecular flexibility index (Phi) is 8.57. The molecule has 1 rings (SSSR count). The van der Waals surface area contributed by atoms with Crippen molar-refractivity contribution >= 4 is 14.0 Å². The first-order chi connectivity index (χ1) is 11.0. The van der Waals surface area contributed by atoms with E-state index in [2.05, 4.69) is 12.1 Å². The van der Waals surface area contributed by atoms with Gasteiger partial charge in [0.05, 0.1) is 7.11 Å². The minimum Gasteiger partial charge on any atom is -0.468 e. The van der Waals surface area contributed by atoms with Crippen molar-refractivity contribution in [3.8, 4) is 0 Å². The van der Waals surface area contributed by atoms with E-state index < -0.39 is 19.2 Å². The Morgan fingerprint density at radius 2 is 1.83 bits per heavy atom. The van der Waals surface area contributed by atoms with Gasteiger partial charge in [0.15, 0.2) is 0 Å². The quantitative estimate of drug-likeness (QED) is 0.358. The summed E-state index contributed by atoms with van der Waals surface area (Å²) >= 11 is 0. The van der Waals surface area contributed by atoms with Gasteiger partial charge in [0.1, 0.15) is 5.16 Å². The van der Waals surface area contributed by atoms with Crippen LogP contribution in [0.1, 0.15) is 45.1 Å². The molecule has 130 valence electrons. The maximum Gasteiger partial charge on any atom is 0.321 e. The number of hydrogen-bond acceptors (Lipinski definition) is 4. The summed E-state index contributed by atoms with van der Waals surface area (Å²) in [4.78, 5) is 12.4. The zero-order valence-electron chi connectivity index (χ0n) is 14.6. The first-order valence-electron chi connectivity index (χ1n) is 8.17. The van der Waals surface area contributed by atoms with Crippen LogP contribution in [0.25, 0.3) is 0 Å². The average molecular weight is 340 g/mol. The summed E-state index contributed by atoms with van der Waals surface area (Å²) in [6.45, 7) is 4.04. The third-order valence-corrected chi connectivity index (χ3v) is 5.88. The molecule has 2 atom stereocenters. The molecule has 0 aliphatic rings. The molecule has 0 saturated carbocycles. The predicted molar refractivity (Wildman–Crippen MR) is 94.2 cm³/mol. The summed E-state index contributed by atoms with van der Waals surface area (Å²) in [5, 5.41) is -1.00. The van der Waals surface area contributed by atoms with E-state index in [-0.39, 0.29) is 5.92 Å². The Labute approximate surface area is 140 Å². The van der Waals surface area contributed by atoms with Gasteiger partial charge >= 0.3 is 5.97 Å². The van der Waals surface area contributed by atoms with Gasteiger partial charge in [0.25, 0.3) is 0 Å². The van der Waals surface area contributed by atoms with E-state index in [1.54, 1.807) is 0 Å². The Balaban J connectivity index is 2.75. The Morgan fingerprint density at radius 1 is 1.17 bits per heavy atom. The van der Waals surface area contributed by atoms with Crippen molar-refractivity contribution in [1.29, 1.82) is 0 Å². The van der Waals surface area contributed by atoms with E-state index in [9.17, 15) is 9.36 Å². The molecule has 5 heteroatoms. The van der Waals surface area contributed by atoms with Crippen molar-refractivity contribution in [2.75, 3.05) is 14.2 Å². The summed E-state index contributed by atoms with van der Waals surface area (Å²) in [5.74, 6) is -0.163. The molecule has 0 amide bonds.